The van der Waals surface area contributed by atoms with Gasteiger partial charge in [-0.2, -0.15) is 26.3 Å². The number of fused-ring (bicyclic) bond motifs is 2. The van der Waals surface area contributed by atoms with Crippen LogP contribution in [0.1, 0.15) is 72.6 Å². The number of hydrogen-bond acceptors (Lipinski definition) is 6. The van der Waals surface area contributed by atoms with Crippen molar-refractivity contribution in [2.75, 3.05) is 0 Å². The molecule has 0 radical (unpaired) electrons. The molecule has 236 valence electrons. The molecule has 1 N–H and O–H groups in total. The third kappa shape index (κ3) is 4.05. The Morgan fingerprint density at radius 2 is 1.29 bits per heavy atom. The molecule has 6 nitrogen and oxygen atoms in total. The summed E-state index contributed by atoms with van der Waals surface area (Å²) in [6.07, 6.45) is -13.2. The van der Waals surface area contributed by atoms with Crippen molar-refractivity contribution in [1.29, 1.82) is 0 Å². The first-order chi connectivity index (χ1) is 19.2. The molecule has 0 aromatic carbocycles. The zero-order valence-corrected chi connectivity index (χ0v) is 24.2. The van der Waals surface area contributed by atoms with Gasteiger partial charge in [-0.3, -0.25) is 0 Å². The zero-order chi connectivity index (χ0) is 31.4. The summed E-state index contributed by atoms with van der Waals surface area (Å²) in [6.45, 7) is 13.1. The van der Waals surface area contributed by atoms with E-state index in [1.54, 1.807) is 0 Å². The maximum atomic E-state index is 15.3. The topological polar surface area (TPSA) is 82.1 Å². The highest BCUT2D eigenvalue weighted by atomic mass is 19.4. The smallest absolute Gasteiger partial charge is 0.420 e. The quantitative estimate of drug-likeness (QED) is 0.210. The Balaban J connectivity index is 1.54. The van der Waals surface area contributed by atoms with Crippen molar-refractivity contribution in [2.24, 2.45) is 35.5 Å². The van der Waals surface area contributed by atoms with E-state index in [1.165, 1.54) is 20.8 Å². The van der Waals surface area contributed by atoms with Crippen molar-refractivity contribution >= 4 is 11.9 Å². The Morgan fingerprint density at radius 3 is 1.69 bits per heavy atom. The van der Waals surface area contributed by atoms with Crippen molar-refractivity contribution in [3.05, 3.63) is 24.3 Å². The molecule has 5 atom stereocenters. The number of carbonyl (C=O) groups excluding carboxylic acids is 2. The summed E-state index contributed by atoms with van der Waals surface area (Å²) in [5.41, 5.74) is -8.93. The van der Waals surface area contributed by atoms with Crippen LogP contribution in [0.3, 0.4) is 0 Å². The molecule has 12 heteroatoms. The molecule has 0 amide bonds. The monoisotopic (exact) mass is 608 g/mol. The highest BCUT2D eigenvalue weighted by molar-refractivity contribution is 5.87. The van der Waals surface area contributed by atoms with E-state index < -0.39 is 88.3 Å². The van der Waals surface area contributed by atoms with E-state index in [9.17, 15) is 27.9 Å². The number of alkyl halides is 6. The minimum absolute atomic E-state index is 0.0119. The Hall–Kier alpha value is -2.08. The summed E-state index contributed by atoms with van der Waals surface area (Å²) in [7, 11) is 0. The third-order valence-corrected chi connectivity index (χ3v) is 11.3. The van der Waals surface area contributed by atoms with E-state index in [-0.39, 0.29) is 49.7 Å². The van der Waals surface area contributed by atoms with Gasteiger partial charge in [0.15, 0.2) is 11.2 Å². The molecule has 5 unspecified atom stereocenters. The first kappa shape index (κ1) is 31.3. The number of aliphatic hydroxyl groups is 1. The zero-order valence-electron chi connectivity index (χ0n) is 24.2. The molecule has 42 heavy (non-hydrogen) atoms. The molecule has 6 aliphatic carbocycles. The van der Waals surface area contributed by atoms with Gasteiger partial charge in [0, 0.05) is 23.0 Å². The first-order valence-corrected chi connectivity index (χ1v) is 14.5. The molecule has 0 aromatic heterocycles. The van der Waals surface area contributed by atoms with E-state index in [0.29, 0.717) is 6.42 Å². The van der Waals surface area contributed by atoms with Crippen LogP contribution in [-0.2, 0) is 23.8 Å². The number of hydrogen-bond donors (Lipinski definition) is 1. The Labute approximate surface area is 240 Å². The van der Waals surface area contributed by atoms with Gasteiger partial charge in [-0.15, -0.1) is 0 Å². The van der Waals surface area contributed by atoms with Gasteiger partial charge in [-0.25, -0.2) is 9.59 Å². The molecule has 0 saturated heterocycles. The van der Waals surface area contributed by atoms with Crippen molar-refractivity contribution in [3.8, 4) is 0 Å². The third-order valence-electron chi connectivity index (χ3n) is 11.3. The fraction of sp³-hybridized carbons (Fsp3) is 0.800. The maximum absolute atomic E-state index is 15.3. The number of carbonyl (C=O) groups is 2. The van der Waals surface area contributed by atoms with Crippen molar-refractivity contribution in [3.63, 3.8) is 0 Å². The van der Waals surface area contributed by atoms with Gasteiger partial charge in [0.05, 0.1) is 0 Å². The largest absolute Gasteiger partial charge is 0.456 e. The minimum atomic E-state index is -5.29. The molecule has 0 heterocycles. The van der Waals surface area contributed by atoms with E-state index in [2.05, 4.69) is 13.2 Å². The second-order valence-corrected chi connectivity index (χ2v) is 13.6. The first-order valence-electron chi connectivity index (χ1n) is 14.5. The fourth-order valence-electron chi connectivity index (χ4n) is 9.51. The van der Waals surface area contributed by atoms with E-state index in [1.807, 2.05) is 6.92 Å². The van der Waals surface area contributed by atoms with Crippen LogP contribution in [0, 0.1) is 35.5 Å². The average molecular weight is 609 g/mol. The van der Waals surface area contributed by atoms with Gasteiger partial charge in [0.1, 0.15) is 17.3 Å². The lowest BCUT2D eigenvalue weighted by Gasteiger charge is -2.67. The highest BCUT2D eigenvalue weighted by Crippen LogP contribution is 2.71. The van der Waals surface area contributed by atoms with Gasteiger partial charge < -0.3 is 19.3 Å². The molecular formula is C30H38F6O6. The predicted molar refractivity (Wildman–Crippen MR) is 137 cm³/mol. The van der Waals surface area contributed by atoms with Crippen molar-refractivity contribution in [1.82, 2.24) is 0 Å². The summed E-state index contributed by atoms with van der Waals surface area (Å²) in [5.74, 6) is -7.63. The number of esters is 2. The lowest BCUT2D eigenvalue weighted by atomic mass is 9.44. The van der Waals surface area contributed by atoms with Crippen LogP contribution in [0.15, 0.2) is 24.3 Å². The van der Waals surface area contributed by atoms with E-state index >= 15 is 13.2 Å². The maximum Gasteiger partial charge on any atom is 0.420 e. The van der Waals surface area contributed by atoms with Crippen LogP contribution in [0.2, 0.25) is 0 Å². The van der Waals surface area contributed by atoms with Crippen LogP contribution in [0.25, 0.3) is 0 Å². The number of halogens is 6. The summed E-state index contributed by atoms with van der Waals surface area (Å²) in [5, 5.41) is 11.2. The molecule has 0 aromatic rings. The van der Waals surface area contributed by atoms with Crippen LogP contribution >= 0.6 is 0 Å². The number of ether oxygens (including phenoxy) is 3. The highest BCUT2D eigenvalue weighted by Gasteiger charge is 2.81. The summed E-state index contributed by atoms with van der Waals surface area (Å²) >= 11 is 0. The molecule has 6 rings (SSSR count). The summed E-state index contributed by atoms with van der Waals surface area (Å²) < 4.78 is 107. The van der Waals surface area contributed by atoms with Gasteiger partial charge in [-0.05, 0) is 89.4 Å². The fourth-order valence-corrected chi connectivity index (χ4v) is 9.51. The van der Waals surface area contributed by atoms with Gasteiger partial charge in [0.25, 0.3) is 0 Å². The Kier molecular flexibility index (Phi) is 7.06. The second kappa shape index (κ2) is 9.46. The molecular weight excluding hydrogens is 570 g/mol. The Bertz CT molecular complexity index is 1160. The van der Waals surface area contributed by atoms with Crippen LogP contribution in [0.5, 0.6) is 0 Å². The normalized spacial score (nSPS) is 45.6. The molecule has 6 bridgehead atoms. The average Bonchev–Trinajstić information content (AvgIpc) is 3.33. The van der Waals surface area contributed by atoms with Gasteiger partial charge in [0.2, 0.25) is 0 Å². The van der Waals surface area contributed by atoms with E-state index in [4.69, 9.17) is 14.2 Å². The molecule has 0 aliphatic heterocycles. The van der Waals surface area contributed by atoms with Gasteiger partial charge >= 0.3 is 24.3 Å². The molecule has 6 aliphatic rings. The summed E-state index contributed by atoms with van der Waals surface area (Å²) in [4.78, 5) is 24.9. The minimum Gasteiger partial charge on any atom is -0.456 e. The SMILES string of the molecule is C=C(C)C(=O)OC1(C)CC2CC1C(OC1(C(F)(F)F)C3CC4CC1CC(C3)C4(CC)OC(=O)C(=C)C)C2(O)C(F)(F)F. The lowest BCUT2D eigenvalue weighted by molar-refractivity contribution is -0.407. The standard InChI is InChI=1S/C30H38F6O6/c1-7-26(42-24(38)15(4)5)16-8-18-10-17(26)11-19(9-16)28(18,30(34,35)36)40-22-21-12-20(27(22,39)29(31,32)33)13-25(21,6)41-23(37)14(2)3/h16-22,39H,2,4,7-13H2,1,3,5-6H3. The van der Waals surface area contributed by atoms with Crippen molar-refractivity contribution < 1.29 is 55.2 Å². The van der Waals surface area contributed by atoms with Crippen molar-refractivity contribution in [2.45, 2.75) is 114 Å². The van der Waals surface area contributed by atoms with Crippen LogP contribution in [-0.4, -0.2) is 57.9 Å². The van der Waals surface area contributed by atoms with Crippen LogP contribution < -0.4 is 0 Å². The predicted octanol–water partition coefficient (Wildman–Crippen LogP) is 6.22. The lowest BCUT2D eigenvalue weighted by Crippen LogP contribution is -2.75. The molecule has 6 fully saturated rings. The number of rotatable bonds is 7. The van der Waals surface area contributed by atoms with Crippen LogP contribution in [0.4, 0.5) is 26.3 Å². The summed E-state index contributed by atoms with van der Waals surface area (Å²) in [6, 6.07) is 0. The van der Waals surface area contributed by atoms with E-state index in [0.717, 1.165) is 0 Å². The molecule has 6 saturated carbocycles. The Morgan fingerprint density at radius 1 is 0.810 bits per heavy atom. The second-order valence-electron chi connectivity index (χ2n) is 13.6. The van der Waals surface area contributed by atoms with Gasteiger partial charge in [-0.1, -0.05) is 20.1 Å². The molecule has 0 spiro atoms.